The van der Waals surface area contributed by atoms with E-state index in [0.717, 1.165) is 5.69 Å². The average Bonchev–Trinajstić information content (AvgIpc) is 2.96. The van der Waals surface area contributed by atoms with Crippen LogP contribution in [0.3, 0.4) is 0 Å². The van der Waals surface area contributed by atoms with Crippen LogP contribution in [0, 0.1) is 5.82 Å². The maximum Gasteiger partial charge on any atom is 0.387 e. The highest BCUT2D eigenvalue weighted by molar-refractivity contribution is 5.79. The maximum absolute atomic E-state index is 14.0. The molecule has 2 aromatic rings. The van der Waals surface area contributed by atoms with Crippen molar-refractivity contribution in [3.63, 3.8) is 0 Å². The van der Waals surface area contributed by atoms with Gasteiger partial charge in [-0.15, -0.1) is 0 Å². The summed E-state index contributed by atoms with van der Waals surface area (Å²) >= 11 is 0. The van der Waals surface area contributed by atoms with Crippen LogP contribution < -0.4 is 15.4 Å². The number of halogens is 3. The number of benzene rings is 1. The van der Waals surface area contributed by atoms with E-state index in [1.54, 1.807) is 10.9 Å². The van der Waals surface area contributed by atoms with Crippen molar-refractivity contribution in [3.8, 4) is 5.75 Å². The lowest BCUT2D eigenvalue weighted by atomic mass is 10.2. The Kier molecular flexibility index (Phi) is 6.67. The van der Waals surface area contributed by atoms with Crippen molar-refractivity contribution in [2.75, 3.05) is 6.54 Å². The second-order valence-electron chi connectivity index (χ2n) is 5.09. The topological polar surface area (TPSA) is 63.5 Å². The van der Waals surface area contributed by atoms with E-state index < -0.39 is 12.4 Å². The molecule has 1 heterocycles. The van der Waals surface area contributed by atoms with E-state index >= 15 is 0 Å². The molecule has 0 bridgehead atoms. The Morgan fingerprint density at radius 2 is 2.12 bits per heavy atom. The summed E-state index contributed by atoms with van der Waals surface area (Å²) < 4.78 is 44.9. The Labute approximate surface area is 143 Å². The number of nitrogens with one attached hydrogen (secondary N) is 2. The molecule has 1 aromatic carbocycles. The molecule has 0 atom stereocenters. The van der Waals surface area contributed by atoms with Crippen LogP contribution >= 0.6 is 0 Å². The Morgan fingerprint density at radius 3 is 2.76 bits per heavy atom. The third-order valence-electron chi connectivity index (χ3n) is 3.39. The second-order valence-corrected chi connectivity index (χ2v) is 5.09. The van der Waals surface area contributed by atoms with Gasteiger partial charge in [0.05, 0.1) is 24.3 Å². The van der Waals surface area contributed by atoms with Gasteiger partial charge in [0.2, 0.25) is 0 Å². The van der Waals surface area contributed by atoms with Crippen molar-refractivity contribution in [1.82, 2.24) is 20.4 Å². The second kappa shape index (κ2) is 8.95. The fraction of sp³-hybridized carbons (Fsp3) is 0.375. The van der Waals surface area contributed by atoms with Gasteiger partial charge in [-0.05, 0) is 25.1 Å². The number of hydrogen-bond donors (Lipinski definition) is 2. The van der Waals surface area contributed by atoms with Gasteiger partial charge >= 0.3 is 6.61 Å². The normalized spacial score (nSPS) is 11.7. The zero-order chi connectivity index (χ0) is 18.2. The van der Waals surface area contributed by atoms with Crippen LogP contribution in [0.1, 0.15) is 18.2 Å². The maximum atomic E-state index is 14.0. The lowest BCUT2D eigenvalue weighted by molar-refractivity contribution is -0.0506. The third-order valence-corrected chi connectivity index (χ3v) is 3.39. The van der Waals surface area contributed by atoms with Crippen molar-refractivity contribution >= 4 is 5.96 Å². The number of aliphatic imine (C=N–C) groups is 1. The molecule has 2 rings (SSSR count). The number of rotatable bonds is 7. The van der Waals surface area contributed by atoms with Gasteiger partial charge in [-0.2, -0.15) is 13.9 Å². The molecule has 9 heteroatoms. The highest BCUT2D eigenvalue weighted by atomic mass is 19.3. The lowest BCUT2D eigenvalue weighted by Gasteiger charge is -2.13. The molecule has 1 aromatic heterocycles. The van der Waals surface area contributed by atoms with Crippen LogP contribution in [-0.2, 0) is 20.1 Å². The number of ether oxygens (including phenoxy) is 1. The quantitative estimate of drug-likeness (QED) is 0.591. The molecule has 0 saturated carbocycles. The van der Waals surface area contributed by atoms with Gasteiger partial charge in [-0.1, -0.05) is 6.07 Å². The Hall–Kier alpha value is -2.71. The molecule has 0 aliphatic carbocycles. The van der Waals surface area contributed by atoms with Gasteiger partial charge in [0.1, 0.15) is 11.6 Å². The number of aromatic nitrogens is 2. The van der Waals surface area contributed by atoms with E-state index in [1.165, 1.54) is 18.2 Å². The van der Waals surface area contributed by atoms with Crippen LogP contribution in [0.15, 0.2) is 35.5 Å². The Bertz CT molecular complexity index is 718. The first-order valence-corrected chi connectivity index (χ1v) is 7.72. The summed E-state index contributed by atoms with van der Waals surface area (Å²) in [6.07, 6.45) is 1.67. The highest BCUT2D eigenvalue weighted by Crippen LogP contribution is 2.24. The number of alkyl halides is 2. The number of aryl methyl sites for hydroxylation is 1. The minimum absolute atomic E-state index is 0.0273. The van der Waals surface area contributed by atoms with Gasteiger partial charge in [-0.25, -0.2) is 9.38 Å². The largest absolute Gasteiger partial charge is 0.434 e. The SMILES string of the molecule is CCNC(=NCc1c(F)cccc1OC(F)F)NCc1ccnn1C. The van der Waals surface area contributed by atoms with Crippen molar-refractivity contribution in [1.29, 1.82) is 0 Å². The molecule has 0 saturated heterocycles. The minimum Gasteiger partial charge on any atom is -0.434 e. The first-order valence-electron chi connectivity index (χ1n) is 7.72. The highest BCUT2D eigenvalue weighted by Gasteiger charge is 2.13. The molecule has 0 aliphatic heterocycles. The first-order chi connectivity index (χ1) is 12.0. The lowest BCUT2D eigenvalue weighted by Crippen LogP contribution is -2.37. The van der Waals surface area contributed by atoms with E-state index in [2.05, 4.69) is 25.5 Å². The van der Waals surface area contributed by atoms with Gasteiger partial charge < -0.3 is 15.4 Å². The summed E-state index contributed by atoms with van der Waals surface area (Å²) in [6.45, 7) is -0.235. The van der Waals surface area contributed by atoms with Crippen LogP contribution in [0.4, 0.5) is 13.2 Å². The average molecular weight is 355 g/mol. The zero-order valence-electron chi connectivity index (χ0n) is 14.0. The molecule has 0 aliphatic rings. The van der Waals surface area contributed by atoms with E-state index in [1.807, 2.05) is 20.0 Å². The van der Waals surface area contributed by atoms with Crippen molar-refractivity contribution in [2.45, 2.75) is 26.6 Å². The summed E-state index contributed by atoms with van der Waals surface area (Å²) in [4.78, 5) is 4.24. The van der Waals surface area contributed by atoms with Crippen molar-refractivity contribution in [3.05, 3.63) is 47.5 Å². The molecule has 0 unspecified atom stereocenters. The molecule has 136 valence electrons. The van der Waals surface area contributed by atoms with Crippen molar-refractivity contribution in [2.24, 2.45) is 12.0 Å². The Balaban J connectivity index is 2.11. The predicted molar refractivity (Wildman–Crippen MR) is 87.9 cm³/mol. The van der Waals surface area contributed by atoms with Crippen LogP contribution in [-0.4, -0.2) is 28.9 Å². The van der Waals surface area contributed by atoms with Gasteiger partial charge in [0.25, 0.3) is 0 Å². The molecule has 25 heavy (non-hydrogen) atoms. The molecular weight excluding hydrogens is 335 g/mol. The van der Waals surface area contributed by atoms with E-state index in [4.69, 9.17) is 0 Å². The van der Waals surface area contributed by atoms with E-state index in [9.17, 15) is 13.2 Å². The monoisotopic (exact) mass is 355 g/mol. The zero-order valence-corrected chi connectivity index (χ0v) is 14.0. The smallest absolute Gasteiger partial charge is 0.387 e. The first kappa shape index (κ1) is 18.6. The minimum atomic E-state index is -3.03. The summed E-state index contributed by atoms with van der Waals surface area (Å²) in [5.41, 5.74) is 0.902. The molecular formula is C16H20F3N5O. The molecule has 0 amide bonds. The summed E-state index contributed by atoms with van der Waals surface area (Å²) in [6, 6.07) is 5.63. The Morgan fingerprint density at radius 1 is 1.32 bits per heavy atom. The van der Waals surface area contributed by atoms with Gasteiger partial charge in [0, 0.05) is 19.8 Å². The number of nitrogens with zero attached hydrogens (tertiary/aromatic N) is 3. The summed E-state index contributed by atoms with van der Waals surface area (Å²) in [5, 5.41) is 10.2. The number of hydrogen-bond acceptors (Lipinski definition) is 3. The molecule has 6 nitrogen and oxygen atoms in total. The standard InChI is InChI=1S/C16H20F3N5O/c1-3-20-16(21-9-11-7-8-23-24(11)2)22-10-12-13(17)5-4-6-14(12)25-15(18)19/h4-8,15H,3,9-10H2,1-2H3,(H2,20,21,22). The van der Waals surface area contributed by atoms with Crippen LogP contribution in [0.25, 0.3) is 0 Å². The third kappa shape index (κ3) is 5.40. The van der Waals surface area contributed by atoms with Crippen LogP contribution in [0.2, 0.25) is 0 Å². The molecule has 0 spiro atoms. The van der Waals surface area contributed by atoms with E-state index in [0.29, 0.717) is 19.0 Å². The van der Waals surface area contributed by atoms with Gasteiger partial charge in [-0.3, -0.25) is 4.68 Å². The predicted octanol–water partition coefficient (Wildman–Crippen LogP) is 2.42. The van der Waals surface area contributed by atoms with Crippen LogP contribution in [0.5, 0.6) is 5.75 Å². The van der Waals surface area contributed by atoms with E-state index in [-0.39, 0.29) is 17.9 Å². The summed E-state index contributed by atoms with van der Waals surface area (Å²) in [5.74, 6) is -0.444. The molecule has 0 fully saturated rings. The summed E-state index contributed by atoms with van der Waals surface area (Å²) in [7, 11) is 1.81. The fourth-order valence-electron chi connectivity index (χ4n) is 2.15. The molecule has 2 N–H and O–H groups in total. The fourth-order valence-corrected chi connectivity index (χ4v) is 2.15. The van der Waals surface area contributed by atoms with Gasteiger partial charge in [0.15, 0.2) is 5.96 Å². The molecule has 0 radical (unpaired) electrons. The van der Waals surface area contributed by atoms with Crippen molar-refractivity contribution < 1.29 is 17.9 Å². The number of guanidine groups is 1.